The van der Waals surface area contributed by atoms with Gasteiger partial charge in [-0.15, -0.1) is 0 Å². The van der Waals surface area contributed by atoms with Crippen LogP contribution in [-0.2, 0) is 0 Å². The normalized spacial score (nSPS) is 9.56. The van der Waals surface area contributed by atoms with Gasteiger partial charge in [0.25, 0.3) is 0 Å². The first kappa shape index (κ1) is 21.1. The Morgan fingerprint density at radius 1 is 0.333 bits per heavy atom. The molecule has 0 aromatic heterocycles. The predicted molar refractivity (Wildman–Crippen MR) is 124 cm³/mol. The molecule has 4 aromatic carbocycles. The van der Waals surface area contributed by atoms with Crippen LogP contribution in [0.5, 0.6) is 0 Å². The Kier molecular flexibility index (Phi) is 8.47. The van der Waals surface area contributed by atoms with Gasteiger partial charge in [-0.3, -0.25) is 0 Å². The molecule has 136 valence electrons. The molecule has 0 aliphatic carbocycles. The molecule has 0 saturated heterocycles. The number of benzene rings is 4. The zero-order valence-corrected chi connectivity index (χ0v) is 17.2. The van der Waals surface area contributed by atoms with Crippen LogP contribution in [0.3, 0.4) is 0 Å². The number of rotatable bonds is 2. The Morgan fingerprint density at radius 3 is 0.889 bits per heavy atom. The van der Waals surface area contributed by atoms with Gasteiger partial charge in [-0.25, -0.2) is 0 Å². The van der Waals surface area contributed by atoms with Crippen molar-refractivity contribution in [3.63, 3.8) is 0 Å². The number of hydrogen-bond acceptors (Lipinski definition) is 0. The lowest BCUT2D eigenvalue weighted by Crippen LogP contribution is -1.74. The minimum absolute atomic E-state index is 0. The minimum Gasteiger partial charge on any atom is -0.197 e. The zero-order valence-electron chi connectivity index (χ0n) is 14.6. The first-order chi connectivity index (χ1) is 12.7. The second-order valence-corrected chi connectivity index (χ2v) is 6.62. The van der Waals surface area contributed by atoms with Crippen LogP contribution in [0.15, 0.2) is 109 Å². The van der Waals surface area contributed by atoms with Crippen molar-refractivity contribution in [2.75, 3.05) is 0 Å². The van der Waals surface area contributed by atoms with Crippen LogP contribution in [0, 0.1) is 0 Å². The summed E-state index contributed by atoms with van der Waals surface area (Å²) in [5.41, 5.74) is 4.84. The van der Waals surface area contributed by atoms with E-state index >= 15 is 0 Å². The molecule has 0 aliphatic heterocycles. The van der Waals surface area contributed by atoms with Crippen molar-refractivity contribution in [2.24, 2.45) is 0 Å². The molecule has 0 unspecified atom stereocenters. The average Bonchev–Trinajstić information content (AvgIpc) is 2.71. The van der Waals surface area contributed by atoms with Gasteiger partial charge in [-0.2, -0.15) is 13.5 Å². The molecule has 0 saturated carbocycles. The zero-order chi connectivity index (χ0) is 18.2. The molecule has 0 N–H and O–H groups in total. The Hall–Kier alpha value is -2.19. The van der Waals surface area contributed by atoms with Crippen LogP contribution >= 0.6 is 36.7 Å². The lowest BCUT2D eigenvalue weighted by molar-refractivity contribution is 1.62. The lowest BCUT2D eigenvalue weighted by Gasteiger charge is -2.00. The van der Waals surface area contributed by atoms with E-state index in [0.29, 0.717) is 0 Å². The maximum atomic E-state index is 5.80. The van der Waals surface area contributed by atoms with Gasteiger partial charge in [0.15, 0.2) is 0 Å². The van der Waals surface area contributed by atoms with Gasteiger partial charge in [-0.1, -0.05) is 108 Å². The van der Waals surface area contributed by atoms with Gasteiger partial charge in [0.2, 0.25) is 0 Å². The summed E-state index contributed by atoms with van der Waals surface area (Å²) in [5, 5.41) is 1.55. The highest BCUT2D eigenvalue weighted by molar-refractivity contribution is 7.59. The Morgan fingerprint density at radius 2 is 0.593 bits per heavy atom. The molecule has 4 aromatic rings. The monoisotopic (exact) mass is 410 g/mol. The summed E-state index contributed by atoms with van der Waals surface area (Å²) >= 11 is 11.6. The molecular weight excluding hydrogens is 391 g/mol. The molecule has 0 heterocycles. The Balaban J connectivity index is 0.000000187. The summed E-state index contributed by atoms with van der Waals surface area (Å²) in [6.07, 6.45) is 0. The van der Waals surface area contributed by atoms with E-state index in [1.165, 1.54) is 22.3 Å². The Labute approximate surface area is 177 Å². The highest BCUT2D eigenvalue weighted by atomic mass is 35.5. The lowest BCUT2D eigenvalue weighted by atomic mass is 10.1. The summed E-state index contributed by atoms with van der Waals surface area (Å²) in [5.74, 6) is 0. The molecule has 0 radical (unpaired) electrons. The molecule has 0 fully saturated rings. The van der Waals surface area contributed by atoms with E-state index in [2.05, 4.69) is 24.3 Å². The maximum absolute atomic E-state index is 5.80. The molecule has 27 heavy (non-hydrogen) atoms. The highest BCUT2D eigenvalue weighted by Gasteiger charge is 1.95. The second-order valence-electron chi connectivity index (χ2n) is 5.75. The quantitative estimate of drug-likeness (QED) is 0.312. The molecule has 0 amide bonds. The fourth-order valence-corrected chi connectivity index (χ4v) is 2.80. The molecule has 3 heteroatoms. The number of hydrogen-bond donors (Lipinski definition) is 0. The van der Waals surface area contributed by atoms with Gasteiger partial charge >= 0.3 is 0 Å². The molecule has 0 nitrogen and oxygen atoms in total. The summed E-state index contributed by atoms with van der Waals surface area (Å²) in [6, 6.07) is 36.2. The average molecular weight is 411 g/mol. The topological polar surface area (TPSA) is 0 Å². The third-order valence-electron chi connectivity index (χ3n) is 3.90. The van der Waals surface area contributed by atoms with Crippen molar-refractivity contribution in [1.29, 1.82) is 0 Å². The van der Waals surface area contributed by atoms with Crippen molar-refractivity contribution in [1.82, 2.24) is 0 Å². The summed E-state index contributed by atoms with van der Waals surface area (Å²) < 4.78 is 0. The van der Waals surface area contributed by atoms with Crippen molar-refractivity contribution >= 4 is 36.7 Å². The first-order valence-corrected chi connectivity index (χ1v) is 9.10. The standard InChI is InChI=1S/2C12H9Cl.H2S/c2*13-12-8-6-11(7-9-12)10-4-2-1-3-5-10;/h2*1-9H;1H2. The van der Waals surface area contributed by atoms with E-state index in [4.69, 9.17) is 23.2 Å². The van der Waals surface area contributed by atoms with Gasteiger partial charge in [0, 0.05) is 10.0 Å². The SMILES string of the molecule is Clc1ccc(-c2ccccc2)cc1.Clc1ccc(-c2ccccc2)cc1.S. The van der Waals surface area contributed by atoms with Gasteiger partial charge in [0.1, 0.15) is 0 Å². The molecule has 0 atom stereocenters. The second kappa shape index (κ2) is 10.8. The molecular formula is C24H20Cl2S. The summed E-state index contributed by atoms with van der Waals surface area (Å²) in [4.78, 5) is 0. The van der Waals surface area contributed by atoms with Crippen molar-refractivity contribution in [2.45, 2.75) is 0 Å². The van der Waals surface area contributed by atoms with E-state index in [1.54, 1.807) is 0 Å². The van der Waals surface area contributed by atoms with Gasteiger partial charge in [0.05, 0.1) is 0 Å². The van der Waals surface area contributed by atoms with Crippen LogP contribution in [0.25, 0.3) is 22.3 Å². The van der Waals surface area contributed by atoms with E-state index in [0.717, 1.165) is 10.0 Å². The van der Waals surface area contributed by atoms with E-state index in [-0.39, 0.29) is 13.5 Å². The van der Waals surface area contributed by atoms with Gasteiger partial charge in [-0.05, 0) is 46.5 Å². The fourth-order valence-electron chi connectivity index (χ4n) is 2.55. The number of halogens is 2. The molecule has 0 spiro atoms. The van der Waals surface area contributed by atoms with E-state index < -0.39 is 0 Å². The van der Waals surface area contributed by atoms with Gasteiger partial charge < -0.3 is 0 Å². The van der Waals surface area contributed by atoms with Crippen molar-refractivity contribution < 1.29 is 0 Å². The van der Waals surface area contributed by atoms with Crippen LogP contribution in [0.4, 0.5) is 0 Å². The van der Waals surface area contributed by atoms with Crippen LogP contribution in [0.2, 0.25) is 10.0 Å². The molecule has 0 aliphatic rings. The smallest absolute Gasteiger partial charge is 0.0406 e. The fraction of sp³-hybridized carbons (Fsp3) is 0. The minimum atomic E-state index is 0. The van der Waals surface area contributed by atoms with Crippen molar-refractivity contribution in [3.05, 3.63) is 119 Å². The summed E-state index contributed by atoms with van der Waals surface area (Å²) in [7, 11) is 0. The maximum Gasteiger partial charge on any atom is 0.0406 e. The van der Waals surface area contributed by atoms with Crippen molar-refractivity contribution in [3.8, 4) is 22.3 Å². The van der Waals surface area contributed by atoms with E-state index in [9.17, 15) is 0 Å². The highest BCUT2D eigenvalue weighted by Crippen LogP contribution is 2.21. The third-order valence-corrected chi connectivity index (χ3v) is 4.41. The first-order valence-electron chi connectivity index (χ1n) is 8.34. The van der Waals surface area contributed by atoms with Crippen LogP contribution in [-0.4, -0.2) is 0 Å². The third kappa shape index (κ3) is 6.48. The molecule has 4 rings (SSSR count). The van der Waals surface area contributed by atoms with Crippen LogP contribution in [0.1, 0.15) is 0 Å². The summed E-state index contributed by atoms with van der Waals surface area (Å²) in [6.45, 7) is 0. The van der Waals surface area contributed by atoms with Crippen LogP contribution < -0.4 is 0 Å². The van der Waals surface area contributed by atoms with E-state index in [1.807, 2.05) is 84.9 Å². The molecule has 0 bridgehead atoms. The predicted octanol–water partition coefficient (Wildman–Crippen LogP) is 8.13. The largest absolute Gasteiger partial charge is 0.197 e. The Bertz CT molecular complexity index is 838.